The predicted molar refractivity (Wildman–Crippen MR) is 117 cm³/mol. The van der Waals surface area contributed by atoms with E-state index < -0.39 is 0 Å². The summed E-state index contributed by atoms with van der Waals surface area (Å²) in [7, 11) is 0. The fourth-order valence-corrected chi connectivity index (χ4v) is 2.91. The van der Waals surface area contributed by atoms with Gasteiger partial charge in [0.15, 0.2) is 0 Å². The molecule has 0 aromatic heterocycles. The SMILES string of the molecule is CC(C)=C=C(C(=CC1=CC=CC1)Oc1cccc(C(C)(C)C)c1)C(C)(C)C.[Ti]. The molecule has 1 aromatic carbocycles. The molecule has 0 saturated carbocycles. The second-order valence-corrected chi connectivity index (χ2v) is 9.51. The van der Waals surface area contributed by atoms with Crippen molar-refractivity contribution >= 4 is 0 Å². The Hall–Kier alpha value is -1.53. The molecule has 0 N–H and O–H groups in total. The van der Waals surface area contributed by atoms with Crippen LogP contribution in [-0.2, 0) is 27.1 Å². The van der Waals surface area contributed by atoms with Gasteiger partial charge >= 0.3 is 0 Å². The molecule has 1 aromatic rings. The summed E-state index contributed by atoms with van der Waals surface area (Å²) in [5.74, 6) is 1.75. The monoisotopic (exact) mass is 410 g/mol. The summed E-state index contributed by atoms with van der Waals surface area (Å²) in [5, 5.41) is 0. The maximum absolute atomic E-state index is 6.48. The molecule has 1 nitrogen and oxygen atoms in total. The van der Waals surface area contributed by atoms with E-state index >= 15 is 0 Å². The largest absolute Gasteiger partial charge is 0.456 e. The summed E-state index contributed by atoms with van der Waals surface area (Å²) in [6, 6.07) is 8.42. The van der Waals surface area contributed by atoms with E-state index in [4.69, 9.17) is 4.74 Å². The summed E-state index contributed by atoms with van der Waals surface area (Å²) in [6.45, 7) is 17.5. The van der Waals surface area contributed by atoms with Crippen LogP contribution in [0.25, 0.3) is 0 Å². The molecule has 1 aliphatic carbocycles. The molecule has 0 heterocycles. The van der Waals surface area contributed by atoms with Crippen LogP contribution in [0, 0.1) is 5.41 Å². The van der Waals surface area contributed by atoms with Gasteiger partial charge in [0.1, 0.15) is 11.5 Å². The first-order chi connectivity index (χ1) is 12.5. The Kier molecular flexibility index (Phi) is 8.57. The number of benzene rings is 1. The van der Waals surface area contributed by atoms with Gasteiger partial charge in [-0.2, -0.15) is 0 Å². The van der Waals surface area contributed by atoms with Crippen LogP contribution in [0.3, 0.4) is 0 Å². The number of rotatable bonds is 4. The smallest absolute Gasteiger partial charge is 0.139 e. The van der Waals surface area contributed by atoms with E-state index in [2.05, 4.69) is 104 Å². The van der Waals surface area contributed by atoms with Crippen molar-refractivity contribution in [1.29, 1.82) is 0 Å². The summed E-state index contributed by atoms with van der Waals surface area (Å²) >= 11 is 0. The fraction of sp³-hybridized carbons (Fsp3) is 0.423. The van der Waals surface area contributed by atoms with E-state index in [9.17, 15) is 0 Å². The normalized spacial score (nSPS) is 14.1. The van der Waals surface area contributed by atoms with Gasteiger partial charge in [0.2, 0.25) is 0 Å². The second kappa shape index (κ2) is 9.79. The predicted octanol–water partition coefficient (Wildman–Crippen LogP) is 7.67. The van der Waals surface area contributed by atoms with E-state index in [1.54, 1.807) is 0 Å². The van der Waals surface area contributed by atoms with E-state index in [0.717, 1.165) is 29.1 Å². The van der Waals surface area contributed by atoms with Crippen LogP contribution in [0.4, 0.5) is 0 Å². The Morgan fingerprint density at radius 2 is 1.75 bits per heavy atom. The van der Waals surface area contributed by atoms with E-state index in [1.807, 2.05) is 6.07 Å². The average molecular weight is 410 g/mol. The Morgan fingerprint density at radius 1 is 1.07 bits per heavy atom. The minimum atomic E-state index is -0.0721. The van der Waals surface area contributed by atoms with E-state index in [-0.39, 0.29) is 32.5 Å². The van der Waals surface area contributed by atoms with Gasteiger partial charge in [-0.25, -0.2) is 0 Å². The number of allylic oxidation sites excluding steroid dienone is 6. The van der Waals surface area contributed by atoms with Gasteiger partial charge < -0.3 is 4.74 Å². The van der Waals surface area contributed by atoms with Gasteiger partial charge in [-0.15, -0.1) is 5.73 Å². The number of ether oxygens (including phenoxy) is 1. The van der Waals surface area contributed by atoms with Crippen LogP contribution in [0.2, 0.25) is 0 Å². The average Bonchev–Trinajstić information content (AvgIpc) is 3.03. The van der Waals surface area contributed by atoms with Crippen LogP contribution in [-0.4, -0.2) is 0 Å². The standard InChI is InChI=1S/C26H34O.Ti/c1-19(2)16-23(26(6,7)8)24(17-20-12-9-10-13-20)27-22-15-11-14-21(18-22)25(3,4)5;/h9-12,14-15,17-18H,13H2,1-8H3;. The Labute approximate surface area is 186 Å². The first-order valence-corrected chi connectivity index (χ1v) is 9.77. The molecule has 0 fully saturated rings. The maximum atomic E-state index is 6.48. The summed E-state index contributed by atoms with van der Waals surface area (Å²) in [6.07, 6.45) is 9.54. The molecule has 148 valence electrons. The van der Waals surface area contributed by atoms with Crippen LogP contribution in [0.5, 0.6) is 5.75 Å². The van der Waals surface area contributed by atoms with Gasteiger partial charge in [0.05, 0.1) is 0 Å². The van der Waals surface area contributed by atoms with Crippen LogP contribution < -0.4 is 4.74 Å². The molecule has 0 spiro atoms. The zero-order valence-electron chi connectivity index (χ0n) is 18.7. The van der Waals surface area contributed by atoms with Gasteiger partial charge in [-0.3, -0.25) is 0 Å². The third-order valence-corrected chi connectivity index (χ3v) is 4.42. The van der Waals surface area contributed by atoms with Crippen molar-refractivity contribution in [2.24, 2.45) is 5.41 Å². The van der Waals surface area contributed by atoms with Crippen molar-refractivity contribution in [2.45, 2.75) is 67.2 Å². The molecule has 2 rings (SSSR count). The summed E-state index contributed by atoms with van der Waals surface area (Å²) < 4.78 is 6.48. The van der Waals surface area contributed by atoms with Crippen LogP contribution in [0.1, 0.15) is 67.4 Å². The molecule has 0 atom stereocenters. The van der Waals surface area contributed by atoms with Crippen LogP contribution >= 0.6 is 0 Å². The molecular formula is C26H34OTi. The molecule has 0 unspecified atom stereocenters. The summed E-state index contributed by atoms with van der Waals surface area (Å²) in [5.41, 5.74) is 8.34. The van der Waals surface area contributed by atoms with Crippen molar-refractivity contribution in [2.75, 3.05) is 0 Å². The van der Waals surface area contributed by atoms with E-state index in [0.29, 0.717) is 0 Å². The van der Waals surface area contributed by atoms with Crippen LogP contribution in [0.15, 0.2) is 76.8 Å². The molecule has 0 bridgehead atoms. The number of hydrogen-bond acceptors (Lipinski definition) is 1. The van der Waals surface area contributed by atoms with Crippen molar-refractivity contribution in [3.63, 3.8) is 0 Å². The van der Waals surface area contributed by atoms with Gasteiger partial charge in [0.25, 0.3) is 0 Å². The molecule has 0 amide bonds. The third kappa shape index (κ3) is 7.14. The molecule has 1 aliphatic rings. The van der Waals surface area contributed by atoms with Gasteiger partial charge in [0, 0.05) is 27.3 Å². The number of hydrogen-bond donors (Lipinski definition) is 0. The minimum absolute atomic E-state index is 0. The topological polar surface area (TPSA) is 9.23 Å². The first kappa shape index (κ1) is 24.5. The zero-order valence-corrected chi connectivity index (χ0v) is 20.3. The zero-order chi connectivity index (χ0) is 20.2. The van der Waals surface area contributed by atoms with E-state index in [1.165, 1.54) is 11.1 Å². The Morgan fingerprint density at radius 3 is 2.25 bits per heavy atom. The molecule has 0 saturated heterocycles. The Balaban J connectivity index is 0.00000392. The van der Waals surface area contributed by atoms with Crippen molar-refractivity contribution in [3.05, 3.63) is 82.3 Å². The molecular weight excluding hydrogens is 376 g/mol. The molecule has 0 radical (unpaired) electrons. The Bertz CT molecular complexity index is 841. The maximum Gasteiger partial charge on any atom is 0.139 e. The second-order valence-electron chi connectivity index (χ2n) is 9.51. The molecule has 28 heavy (non-hydrogen) atoms. The van der Waals surface area contributed by atoms with Crippen molar-refractivity contribution in [1.82, 2.24) is 0 Å². The van der Waals surface area contributed by atoms with Crippen molar-refractivity contribution < 1.29 is 26.5 Å². The van der Waals surface area contributed by atoms with Gasteiger partial charge in [-0.05, 0) is 66.0 Å². The minimum Gasteiger partial charge on any atom is -0.456 e. The van der Waals surface area contributed by atoms with Crippen molar-refractivity contribution in [3.8, 4) is 5.75 Å². The fourth-order valence-electron chi connectivity index (χ4n) is 2.91. The first-order valence-electron chi connectivity index (χ1n) is 9.77. The summed E-state index contributed by atoms with van der Waals surface area (Å²) in [4.78, 5) is 0. The quantitative estimate of drug-likeness (QED) is 0.214. The van der Waals surface area contributed by atoms with Gasteiger partial charge in [-0.1, -0.05) is 71.9 Å². The molecule has 0 aliphatic heterocycles. The third-order valence-electron chi connectivity index (χ3n) is 4.42. The molecule has 2 heteroatoms.